The standard InChI is InChI=1S/C23H36N4O4.C13H18N4O3/c1-5-6-7-8-19(28)18-9-13-27(24-18)20(29)25-14-10-23(11-15-25)12-16-26(17-23)21(30)31-22(2,3)4;18-11(19)10-1-6-17(15-10)12(20)16-7-3-13(4-8-16)2-5-14-9-13/h9,13H,5-8,10-12,14-17H2,1-4H3;1,6,14H,2-5,7-9H2,(H,18,19). The molecule has 0 radical (unpaired) electrons. The lowest BCUT2D eigenvalue weighted by molar-refractivity contribution is 0.0252. The number of nitrogens with one attached hydrogen (secondary N) is 1. The summed E-state index contributed by atoms with van der Waals surface area (Å²) >= 11 is 0. The molecule has 0 aromatic carbocycles. The molecule has 0 atom stereocenters. The van der Waals surface area contributed by atoms with E-state index in [2.05, 4.69) is 22.4 Å². The fourth-order valence-electron chi connectivity index (χ4n) is 7.47. The first-order valence-corrected chi connectivity index (χ1v) is 18.4. The van der Waals surface area contributed by atoms with Crippen LogP contribution in [0.3, 0.4) is 0 Å². The molecule has 6 heterocycles. The summed E-state index contributed by atoms with van der Waals surface area (Å²) in [5.74, 6) is -1.13. The van der Waals surface area contributed by atoms with E-state index in [0.717, 1.165) is 69.1 Å². The van der Waals surface area contributed by atoms with Gasteiger partial charge in [0, 0.05) is 64.6 Å². The Kier molecular flexibility index (Phi) is 11.9. The number of aromatic carboxylic acids is 1. The maximum atomic E-state index is 12.9. The second-order valence-electron chi connectivity index (χ2n) is 15.6. The van der Waals surface area contributed by atoms with Gasteiger partial charge in [0.05, 0.1) is 0 Å². The fraction of sp³-hybridized carbons (Fsp3) is 0.694. The summed E-state index contributed by atoms with van der Waals surface area (Å²) in [4.78, 5) is 65.8. The van der Waals surface area contributed by atoms with Crippen molar-refractivity contribution in [3.8, 4) is 0 Å². The average molecular weight is 711 g/mol. The topological polar surface area (TPSA) is 172 Å². The second kappa shape index (κ2) is 16.0. The van der Waals surface area contributed by atoms with Gasteiger partial charge in [-0.3, -0.25) is 4.79 Å². The lowest BCUT2D eigenvalue weighted by Gasteiger charge is -2.39. The zero-order chi connectivity index (χ0) is 36.8. The van der Waals surface area contributed by atoms with Gasteiger partial charge in [0.1, 0.15) is 11.3 Å². The van der Waals surface area contributed by atoms with Gasteiger partial charge in [0.25, 0.3) is 0 Å². The minimum atomic E-state index is -1.12. The van der Waals surface area contributed by atoms with E-state index in [1.165, 1.54) is 23.4 Å². The number of carboxylic acids is 1. The largest absolute Gasteiger partial charge is 0.476 e. The molecule has 4 saturated heterocycles. The number of carbonyl (C=O) groups is 5. The molecule has 0 bridgehead atoms. The summed E-state index contributed by atoms with van der Waals surface area (Å²) in [6.45, 7) is 13.9. The van der Waals surface area contributed by atoms with Crippen molar-refractivity contribution in [2.75, 3.05) is 52.4 Å². The Morgan fingerprint density at radius 2 is 1.31 bits per heavy atom. The molecule has 51 heavy (non-hydrogen) atoms. The van der Waals surface area contributed by atoms with Gasteiger partial charge >= 0.3 is 24.1 Å². The maximum absolute atomic E-state index is 12.9. The minimum Gasteiger partial charge on any atom is -0.476 e. The highest BCUT2D eigenvalue weighted by Gasteiger charge is 2.44. The first-order valence-electron chi connectivity index (χ1n) is 18.4. The van der Waals surface area contributed by atoms with Crippen molar-refractivity contribution in [1.82, 2.24) is 39.6 Å². The average Bonchev–Trinajstić information content (AvgIpc) is 3.92. The SMILES string of the molecule is CCCCCC(=O)c1ccn(C(=O)N2CCC3(CCN(C(=O)OC(C)(C)C)C3)CC2)n1.O=C(O)c1ccn(C(=O)N2CCC3(CCNC3)CC2)n1. The van der Waals surface area contributed by atoms with E-state index in [9.17, 15) is 24.0 Å². The van der Waals surface area contributed by atoms with E-state index in [4.69, 9.17) is 9.84 Å². The molecule has 2 spiro atoms. The Hall–Kier alpha value is -4.27. The van der Waals surface area contributed by atoms with Crippen molar-refractivity contribution in [3.63, 3.8) is 0 Å². The van der Waals surface area contributed by atoms with E-state index in [1.54, 1.807) is 27.0 Å². The lowest BCUT2D eigenvalue weighted by Crippen LogP contribution is -2.46. The van der Waals surface area contributed by atoms with Crippen molar-refractivity contribution >= 4 is 29.9 Å². The number of ether oxygens (including phenoxy) is 1. The predicted molar refractivity (Wildman–Crippen MR) is 188 cm³/mol. The quantitative estimate of drug-likeness (QED) is 0.308. The van der Waals surface area contributed by atoms with Gasteiger partial charge < -0.3 is 29.9 Å². The summed E-state index contributed by atoms with van der Waals surface area (Å²) in [5, 5.41) is 20.2. The number of nitrogens with zero attached hydrogens (tertiary/aromatic N) is 7. The monoisotopic (exact) mass is 710 g/mol. The van der Waals surface area contributed by atoms with Crippen LogP contribution in [-0.4, -0.2) is 127 Å². The van der Waals surface area contributed by atoms with Crippen LogP contribution in [0.15, 0.2) is 24.5 Å². The zero-order valence-corrected chi connectivity index (χ0v) is 30.6. The first kappa shape index (κ1) is 38.0. The molecule has 2 N–H and O–H groups in total. The highest BCUT2D eigenvalue weighted by molar-refractivity contribution is 5.94. The molecule has 15 nitrogen and oxygen atoms in total. The minimum absolute atomic E-state index is 0.00853. The van der Waals surface area contributed by atoms with Gasteiger partial charge in [-0.1, -0.05) is 19.8 Å². The molecule has 6 rings (SSSR count). The summed E-state index contributed by atoms with van der Waals surface area (Å²) in [7, 11) is 0. The molecule has 4 aliphatic rings. The Labute approximate surface area is 299 Å². The molecule has 2 aromatic rings. The fourth-order valence-corrected chi connectivity index (χ4v) is 7.47. The Balaban J connectivity index is 0.000000216. The number of carbonyl (C=O) groups excluding carboxylic acids is 4. The van der Waals surface area contributed by atoms with Crippen LogP contribution < -0.4 is 5.32 Å². The van der Waals surface area contributed by atoms with E-state index in [0.29, 0.717) is 56.8 Å². The van der Waals surface area contributed by atoms with Crippen LogP contribution in [-0.2, 0) is 4.74 Å². The lowest BCUT2D eigenvalue weighted by atomic mass is 9.78. The van der Waals surface area contributed by atoms with Crippen molar-refractivity contribution in [3.05, 3.63) is 35.9 Å². The van der Waals surface area contributed by atoms with Crippen LogP contribution in [0.2, 0.25) is 0 Å². The third kappa shape index (κ3) is 9.54. The number of hydrogen-bond acceptors (Lipinski definition) is 9. The van der Waals surface area contributed by atoms with E-state index >= 15 is 0 Å². The summed E-state index contributed by atoms with van der Waals surface area (Å²) in [5.41, 5.74) is 0.169. The van der Waals surface area contributed by atoms with Crippen LogP contribution in [0.1, 0.15) is 113 Å². The van der Waals surface area contributed by atoms with Gasteiger partial charge in [-0.15, -0.1) is 0 Å². The summed E-state index contributed by atoms with van der Waals surface area (Å²) in [6, 6.07) is 2.54. The van der Waals surface area contributed by atoms with Gasteiger partial charge in [-0.2, -0.15) is 19.6 Å². The molecule has 15 heteroatoms. The molecule has 4 aliphatic heterocycles. The number of aromatic nitrogens is 4. The highest BCUT2D eigenvalue weighted by Crippen LogP contribution is 2.41. The third-order valence-electron chi connectivity index (χ3n) is 10.7. The molecule has 0 aliphatic carbocycles. The van der Waals surface area contributed by atoms with Crippen LogP contribution >= 0.6 is 0 Å². The third-order valence-corrected chi connectivity index (χ3v) is 10.7. The number of likely N-dealkylation sites (tertiary alicyclic amines) is 3. The molecule has 3 amide bonds. The molecule has 280 valence electrons. The highest BCUT2D eigenvalue weighted by atomic mass is 16.6. The molecule has 0 saturated carbocycles. The van der Waals surface area contributed by atoms with Gasteiger partial charge in [0.15, 0.2) is 11.5 Å². The van der Waals surface area contributed by atoms with Crippen molar-refractivity contribution < 1.29 is 33.8 Å². The molecular weight excluding hydrogens is 656 g/mol. The van der Waals surface area contributed by atoms with Gasteiger partial charge in [-0.25, -0.2) is 19.2 Å². The number of amides is 3. The summed E-state index contributed by atoms with van der Waals surface area (Å²) < 4.78 is 7.91. The van der Waals surface area contributed by atoms with Crippen LogP contribution in [0, 0.1) is 10.8 Å². The Bertz CT molecular complexity index is 1550. The van der Waals surface area contributed by atoms with E-state index < -0.39 is 11.6 Å². The molecule has 0 unspecified atom stereocenters. The van der Waals surface area contributed by atoms with Gasteiger partial charge in [-0.05, 0) is 95.2 Å². The number of ketones is 1. The number of Topliss-reactive ketones (excluding diaryl/α,β-unsaturated/α-hetero) is 1. The van der Waals surface area contributed by atoms with Gasteiger partial charge in [0.2, 0.25) is 0 Å². The predicted octanol–water partition coefficient (Wildman–Crippen LogP) is 4.96. The van der Waals surface area contributed by atoms with Crippen molar-refractivity contribution in [2.45, 2.75) is 97.5 Å². The Morgan fingerprint density at radius 3 is 1.80 bits per heavy atom. The van der Waals surface area contributed by atoms with E-state index in [-0.39, 0.29) is 35.0 Å². The molecule has 2 aromatic heterocycles. The number of rotatable bonds is 6. The van der Waals surface area contributed by atoms with Crippen molar-refractivity contribution in [2.24, 2.45) is 10.8 Å². The normalized spacial score (nSPS) is 19.6. The van der Waals surface area contributed by atoms with Crippen LogP contribution in [0.25, 0.3) is 0 Å². The molecular formula is C36H54N8O7. The zero-order valence-electron chi connectivity index (χ0n) is 30.6. The molecule has 4 fully saturated rings. The van der Waals surface area contributed by atoms with Crippen LogP contribution in [0.4, 0.5) is 14.4 Å². The number of hydrogen-bond donors (Lipinski definition) is 2. The van der Waals surface area contributed by atoms with E-state index in [1.807, 2.05) is 20.8 Å². The summed E-state index contributed by atoms with van der Waals surface area (Å²) in [6.07, 6.45) is 12.0. The number of piperidine rings is 2. The number of carboxylic acid groups (broad SMARTS) is 1. The smallest absolute Gasteiger partial charge is 0.410 e. The second-order valence-corrected chi connectivity index (χ2v) is 15.6. The maximum Gasteiger partial charge on any atom is 0.410 e. The van der Waals surface area contributed by atoms with Crippen LogP contribution in [0.5, 0.6) is 0 Å². The first-order chi connectivity index (χ1) is 24.2. The number of unbranched alkanes of at least 4 members (excludes halogenated alkanes) is 2. The van der Waals surface area contributed by atoms with Crippen molar-refractivity contribution in [1.29, 1.82) is 0 Å². The Morgan fingerprint density at radius 1 is 0.784 bits per heavy atom.